The summed E-state index contributed by atoms with van der Waals surface area (Å²) in [7, 11) is 0. The van der Waals surface area contributed by atoms with Gasteiger partial charge in [-0.15, -0.1) is 0 Å². The summed E-state index contributed by atoms with van der Waals surface area (Å²) in [6, 6.07) is 8.23. The molecule has 0 radical (unpaired) electrons. The highest BCUT2D eigenvalue weighted by atomic mass is 16.5. The third-order valence-electron chi connectivity index (χ3n) is 2.98. The number of hydrogen-bond acceptors (Lipinski definition) is 3. The molecule has 1 N–H and O–H groups in total. The fourth-order valence-electron chi connectivity index (χ4n) is 1.68. The van der Waals surface area contributed by atoms with Crippen molar-refractivity contribution < 1.29 is 9.47 Å². The van der Waals surface area contributed by atoms with Crippen LogP contribution in [0.25, 0.3) is 0 Å². The molecule has 3 nitrogen and oxygen atoms in total. The van der Waals surface area contributed by atoms with Gasteiger partial charge in [-0.05, 0) is 44.0 Å². The quantitative estimate of drug-likeness (QED) is 0.658. The minimum atomic E-state index is 0.313. The SMILES string of the molecule is CCCNCc1cccc(OCCOC(C)CC)c1. The molecule has 0 aliphatic carbocycles. The summed E-state index contributed by atoms with van der Waals surface area (Å²) in [5.41, 5.74) is 1.26. The first-order chi connectivity index (χ1) is 9.26. The molecule has 19 heavy (non-hydrogen) atoms. The van der Waals surface area contributed by atoms with Crippen LogP contribution in [0.1, 0.15) is 39.2 Å². The van der Waals surface area contributed by atoms with Gasteiger partial charge in [-0.2, -0.15) is 0 Å². The number of nitrogens with one attached hydrogen (secondary N) is 1. The standard InChI is InChI=1S/C16H27NO2/c1-4-9-17-13-15-7-6-8-16(12-15)19-11-10-18-14(3)5-2/h6-8,12,14,17H,4-5,9-11,13H2,1-3H3. The van der Waals surface area contributed by atoms with Crippen LogP contribution in [0.2, 0.25) is 0 Å². The van der Waals surface area contributed by atoms with Crippen molar-refractivity contribution in [2.75, 3.05) is 19.8 Å². The van der Waals surface area contributed by atoms with E-state index in [0.29, 0.717) is 19.3 Å². The Bertz CT molecular complexity index is 341. The van der Waals surface area contributed by atoms with E-state index in [1.165, 1.54) is 5.56 Å². The zero-order chi connectivity index (χ0) is 13.9. The van der Waals surface area contributed by atoms with Gasteiger partial charge in [0.1, 0.15) is 12.4 Å². The zero-order valence-corrected chi connectivity index (χ0v) is 12.4. The second-order valence-corrected chi connectivity index (χ2v) is 4.76. The summed E-state index contributed by atoms with van der Waals surface area (Å²) >= 11 is 0. The summed E-state index contributed by atoms with van der Waals surface area (Å²) in [5.74, 6) is 0.920. The molecule has 0 heterocycles. The topological polar surface area (TPSA) is 30.5 Å². The number of ether oxygens (including phenoxy) is 2. The molecule has 0 saturated heterocycles. The maximum atomic E-state index is 5.70. The van der Waals surface area contributed by atoms with E-state index in [1.807, 2.05) is 12.1 Å². The molecule has 0 aliphatic rings. The van der Waals surface area contributed by atoms with Gasteiger partial charge in [-0.3, -0.25) is 0 Å². The van der Waals surface area contributed by atoms with Crippen LogP contribution < -0.4 is 10.1 Å². The predicted molar refractivity (Wildman–Crippen MR) is 79.6 cm³/mol. The molecule has 0 aliphatic heterocycles. The maximum Gasteiger partial charge on any atom is 0.119 e. The highest BCUT2D eigenvalue weighted by Gasteiger charge is 1.99. The number of benzene rings is 1. The Morgan fingerprint density at radius 3 is 2.79 bits per heavy atom. The molecule has 0 spiro atoms. The van der Waals surface area contributed by atoms with E-state index in [9.17, 15) is 0 Å². The van der Waals surface area contributed by atoms with E-state index in [1.54, 1.807) is 0 Å². The molecule has 1 atom stereocenters. The first-order valence-corrected chi connectivity index (χ1v) is 7.30. The van der Waals surface area contributed by atoms with E-state index in [0.717, 1.165) is 31.7 Å². The lowest BCUT2D eigenvalue weighted by Crippen LogP contribution is -2.14. The number of hydrogen-bond donors (Lipinski definition) is 1. The highest BCUT2D eigenvalue weighted by molar-refractivity contribution is 5.28. The Morgan fingerprint density at radius 1 is 1.21 bits per heavy atom. The fraction of sp³-hybridized carbons (Fsp3) is 0.625. The minimum absolute atomic E-state index is 0.313. The third-order valence-corrected chi connectivity index (χ3v) is 2.98. The Hall–Kier alpha value is -1.06. The monoisotopic (exact) mass is 265 g/mol. The van der Waals surface area contributed by atoms with Crippen LogP contribution in [-0.2, 0) is 11.3 Å². The van der Waals surface area contributed by atoms with Gasteiger partial charge in [-0.25, -0.2) is 0 Å². The van der Waals surface area contributed by atoms with Crippen molar-refractivity contribution in [1.82, 2.24) is 5.32 Å². The fourth-order valence-corrected chi connectivity index (χ4v) is 1.68. The lowest BCUT2D eigenvalue weighted by Gasteiger charge is -2.12. The molecule has 1 aromatic carbocycles. The highest BCUT2D eigenvalue weighted by Crippen LogP contribution is 2.13. The summed E-state index contributed by atoms with van der Waals surface area (Å²) in [4.78, 5) is 0. The van der Waals surface area contributed by atoms with Crippen LogP contribution in [0.15, 0.2) is 24.3 Å². The van der Waals surface area contributed by atoms with Crippen molar-refractivity contribution in [3.05, 3.63) is 29.8 Å². The zero-order valence-electron chi connectivity index (χ0n) is 12.4. The second-order valence-electron chi connectivity index (χ2n) is 4.76. The molecule has 1 rings (SSSR count). The molecule has 0 amide bonds. The van der Waals surface area contributed by atoms with Gasteiger partial charge in [0.15, 0.2) is 0 Å². The van der Waals surface area contributed by atoms with Gasteiger partial charge < -0.3 is 14.8 Å². The van der Waals surface area contributed by atoms with Gasteiger partial charge in [0.2, 0.25) is 0 Å². The molecule has 3 heteroatoms. The largest absolute Gasteiger partial charge is 0.491 e. The van der Waals surface area contributed by atoms with Crippen LogP contribution in [-0.4, -0.2) is 25.9 Å². The summed E-state index contributed by atoms with van der Waals surface area (Å²) < 4.78 is 11.3. The molecule has 0 saturated carbocycles. The van der Waals surface area contributed by atoms with Crippen LogP contribution in [0, 0.1) is 0 Å². The summed E-state index contributed by atoms with van der Waals surface area (Å²) in [5, 5.41) is 3.39. The average molecular weight is 265 g/mol. The molecular formula is C16H27NO2. The van der Waals surface area contributed by atoms with Gasteiger partial charge in [0.25, 0.3) is 0 Å². The van der Waals surface area contributed by atoms with Crippen LogP contribution >= 0.6 is 0 Å². The van der Waals surface area contributed by atoms with Gasteiger partial charge in [0, 0.05) is 6.54 Å². The maximum absolute atomic E-state index is 5.70. The Labute approximate surface area is 117 Å². The molecular weight excluding hydrogens is 238 g/mol. The van der Waals surface area contributed by atoms with Gasteiger partial charge in [-0.1, -0.05) is 26.0 Å². The molecule has 1 unspecified atom stereocenters. The Morgan fingerprint density at radius 2 is 2.05 bits per heavy atom. The molecule has 108 valence electrons. The normalized spacial score (nSPS) is 12.4. The van der Waals surface area contributed by atoms with Gasteiger partial charge in [0.05, 0.1) is 12.7 Å². The van der Waals surface area contributed by atoms with Crippen LogP contribution in [0.3, 0.4) is 0 Å². The third kappa shape index (κ3) is 7.19. The van der Waals surface area contributed by atoms with Crippen molar-refractivity contribution in [2.45, 2.75) is 46.3 Å². The van der Waals surface area contributed by atoms with Crippen molar-refractivity contribution in [1.29, 1.82) is 0 Å². The van der Waals surface area contributed by atoms with Crippen LogP contribution in [0.4, 0.5) is 0 Å². The lowest BCUT2D eigenvalue weighted by atomic mass is 10.2. The van der Waals surface area contributed by atoms with E-state index in [2.05, 4.69) is 38.2 Å². The Kier molecular flexibility index (Phi) is 8.26. The molecule has 1 aromatic rings. The van der Waals surface area contributed by atoms with Crippen molar-refractivity contribution in [3.63, 3.8) is 0 Å². The van der Waals surface area contributed by atoms with E-state index in [4.69, 9.17) is 9.47 Å². The minimum Gasteiger partial charge on any atom is -0.491 e. The smallest absolute Gasteiger partial charge is 0.119 e. The molecule has 0 aromatic heterocycles. The average Bonchev–Trinajstić information content (AvgIpc) is 2.44. The summed E-state index contributed by atoms with van der Waals surface area (Å²) in [6.07, 6.45) is 2.51. The summed E-state index contributed by atoms with van der Waals surface area (Å²) in [6.45, 7) is 9.58. The van der Waals surface area contributed by atoms with Crippen molar-refractivity contribution >= 4 is 0 Å². The van der Waals surface area contributed by atoms with E-state index in [-0.39, 0.29) is 0 Å². The van der Waals surface area contributed by atoms with Crippen molar-refractivity contribution in [3.8, 4) is 5.75 Å². The van der Waals surface area contributed by atoms with Crippen LogP contribution in [0.5, 0.6) is 5.75 Å². The molecule has 0 fully saturated rings. The van der Waals surface area contributed by atoms with E-state index < -0.39 is 0 Å². The first-order valence-electron chi connectivity index (χ1n) is 7.30. The van der Waals surface area contributed by atoms with E-state index >= 15 is 0 Å². The molecule has 0 bridgehead atoms. The predicted octanol–water partition coefficient (Wildman–Crippen LogP) is 3.38. The van der Waals surface area contributed by atoms with Gasteiger partial charge >= 0.3 is 0 Å². The first kappa shape index (κ1) is 16.0. The second kappa shape index (κ2) is 9.82. The lowest BCUT2D eigenvalue weighted by molar-refractivity contribution is 0.0426. The van der Waals surface area contributed by atoms with Crippen molar-refractivity contribution in [2.24, 2.45) is 0 Å². The number of rotatable bonds is 10. The Balaban J connectivity index is 2.27.